The zero-order chi connectivity index (χ0) is 19.7. The highest BCUT2D eigenvalue weighted by Crippen LogP contribution is 2.49. The Labute approximate surface area is 170 Å². The van der Waals surface area contributed by atoms with Gasteiger partial charge in [-0.15, -0.1) is 0 Å². The topological polar surface area (TPSA) is 74.8 Å². The van der Waals surface area contributed by atoms with Gasteiger partial charge in [-0.05, 0) is 49.3 Å². The van der Waals surface area contributed by atoms with E-state index in [1.807, 2.05) is 30.3 Å². The van der Waals surface area contributed by atoms with E-state index in [2.05, 4.69) is 37.2 Å². The van der Waals surface area contributed by atoms with Gasteiger partial charge in [0.1, 0.15) is 5.82 Å². The van der Waals surface area contributed by atoms with Crippen molar-refractivity contribution in [1.29, 1.82) is 0 Å². The molecule has 6 nitrogen and oxygen atoms in total. The summed E-state index contributed by atoms with van der Waals surface area (Å²) in [6, 6.07) is 14.1. The van der Waals surface area contributed by atoms with Crippen LogP contribution in [0.2, 0.25) is 0 Å². The van der Waals surface area contributed by atoms with Crippen molar-refractivity contribution in [2.24, 2.45) is 5.92 Å². The number of nitrogens with one attached hydrogen (secondary N) is 1. The van der Waals surface area contributed by atoms with Gasteiger partial charge >= 0.3 is 0 Å². The summed E-state index contributed by atoms with van der Waals surface area (Å²) in [7, 11) is 0. The fraction of sp³-hybridized carbons (Fsp3) is 0.391. The van der Waals surface area contributed by atoms with Crippen LogP contribution >= 0.6 is 0 Å². The van der Waals surface area contributed by atoms with Crippen molar-refractivity contribution in [3.05, 3.63) is 66.2 Å². The molecule has 0 unspecified atom stereocenters. The average molecular weight is 387 g/mol. The minimum Gasteiger partial charge on any atom is -0.342 e. The maximum absolute atomic E-state index is 13.2. The molecule has 1 aliphatic heterocycles. The Hall–Kier alpha value is -3.02. The maximum atomic E-state index is 13.2. The molecule has 0 atom stereocenters. The molecule has 3 heterocycles. The highest BCUT2D eigenvalue weighted by molar-refractivity contribution is 5.91. The van der Waals surface area contributed by atoms with Crippen molar-refractivity contribution in [2.45, 2.75) is 37.5 Å². The summed E-state index contributed by atoms with van der Waals surface area (Å²) in [4.78, 5) is 24.0. The lowest BCUT2D eigenvalue weighted by molar-refractivity contribution is -0.135. The summed E-state index contributed by atoms with van der Waals surface area (Å²) >= 11 is 0. The molecule has 1 saturated carbocycles. The quantitative estimate of drug-likeness (QED) is 0.728. The third-order valence-corrected chi connectivity index (χ3v) is 6.34. The lowest BCUT2D eigenvalue weighted by atomic mass is 9.90. The van der Waals surface area contributed by atoms with Crippen LogP contribution in [-0.2, 0) is 16.6 Å². The molecule has 2 aliphatic rings. The standard InChI is InChI=1S/C23H25N5O/c29-22(23(10-11-23)19-4-2-1-3-5-19)28-14-8-17(9-15-28)16-20-25-21(27-26-20)18-6-12-24-13-7-18/h1-7,12-13,17H,8-11,14-16H2,(H,25,26,27). The number of H-pyrrole nitrogens is 1. The zero-order valence-electron chi connectivity index (χ0n) is 16.4. The van der Waals surface area contributed by atoms with Crippen LogP contribution in [0.1, 0.15) is 37.1 Å². The van der Waals surface area contributed by atoms with Gasteiger partial charge in [-0.25, -0.2) is 4.98 Å². The second-order valence-electron chi connectivity index (χ2n) is 8.23. The van der Waals surface area contributed by atoms with Crippen LogP contribution < -0.4 is 0 Å². The molecule has 29 heavy (non-hydrogen) atoms. The first kappa shape index (κ1) is 18.0. The second kappa shape index (κ2) is 7.43. The number of pyridine rings is 1. The van der Waals surface area contributed by atoms with Crippen LogP contribution in [-0.4, -0.2) is 44.1 Å². The minimum atomic E-state index is -0.252. The number of benzene rings is 1. The summed E-state index contributed by atoms with van der Waals surface area (Å²) in [5, 5.41) is 7.42. The van der Waals surface area contributed by atoms with Crippen molar-refractivity contribution >= 4 is 5.91 Å². The monoisotopic (exact) mass is 387 g/mol. The zero-order valence-corrected chi connectivity index (χ0v) is 16.4. The highest BCUT2D eigenvalue weighted by atomic mass is 16.2. The summed E-state index contributed by atoms with van der Waals surface area (Å²) in [6.45, 7) is 1.67. The normalized spacial score (nSPS) is 18.6. The summed E-state index contributed by atoms with van der Waals surface area (Å²) in [5.41, 5.74) is 1.90. The number of aromatic nitrogens is 4. The van der Waals surface area contributed by atoms with Crippen LogP contribution in [0.3, 0.4) is 0 Å². The number of aromatic amines is 1. The highest BCUT2D eigenvalue weighted by Gasteiger charge is 2.53. The number of amides is 1. The fourth-order valence-corrected chi connectivity index (χ4v) is 4.44. The molecule has 6 heteroatoms. The molecule has 5 rings (SSSR count). The molecule has 0 bridgehead atoms. The Morgan fingerprint density at radius 1 is 1.07 bits per heavy atom. The lowest BCUT2D eigenvalue weighted by Crippen LogP contribution is -2.44. The van der Waals surface area contributed by atoms with Crippen LogP contribution in [0.4, 0.5) is 0 Å². The molecule has 2 aromatic heterocycles. The molecular weight excluding hydrogens is 362 g/mol. The van der Waals surface area contributed by atoms with Gasteiger partial charge in [0.15, 0.2) is 5.82 Å². The molecule has 0 radical (unpaired) electrons. The largest absolute Gasteiger partial charge is 0.342 e. The number of likely N-dealkylation sites (tertiary alicyclic amines) is 1. The van der Waals surface area contributed by atoms with Gasteiger partial charge < -0.3 is 4.90 Å². The van der Waals surface area contributed by atoms with E-state index in [0.717, 1.165) is 56.6 Å². The van der Waals surface area contributed by atoms with Crippen LogP contribution in [0.25, 0.3) is 11.4 Å². The van der Waals surface area contributed by atoms with E-state index >= 15 is 0 Å². The number of carbonyl (C=O) groups excluding carboxylic acids is 1. The fourth-order valence-electron chi connectivity index (χ4n) is 4.44. The third kappa shape index (κ3) is 3.55. The Morgan fingerprint density at radius 3 is 2.48 bits per heavy atom. The average Bonchev–Trinajstić information content (AvgIpc) is 3.47. The Kier molecular flexibility index (Phi) is 4.62. The number of nitrogens with zero attached hydrogens (tertiary/aromatic N) is 4. The van der Waals surface area contributed by atoms with Crippen molar-refractivity contribution in [1.82, 2.24) is 25.1 Å². The van der Waals surface area contributed by atoms with Gasteiger partial charge in [-0.2, -0.15) is 5.10 Å². The maximum Gasteiger partial charge on any atom is 0.233 e. The van der Waals surface area contributed by atoms with Gasteiger partial charge in [-0.1, -0.05) is 30.3 Å². The van der Waals surface area contributed by atoms with Crippen molar-refractivity contribution < 1.29 is 4.79 Å². The first-order chi connectivity index (χ1) is 14.2. The summed E-state index contributed by atoms with van der Waals surface area (Å²) < 4.78 is 0. The van der Waals surface area contributed by atoms with E-state index in [-0.39, 0.29) is 5.41 Å². The predicted molar refractivity (Wildman–Crippen MR) is 110 cm³/mol. The summed E-state index contributed by atoms with van der Waals surface area (Å²) in [6.07, 6.45) is 8.37. The smallest absolute Gasteiger partial charge is 0.233 e. The molecule has 1 amide bonds. The molecular formula is C23H25N5O. The molecule has 1 N–H and O–H groups in total. The first-order valence-electron chi connectivity index (χ1n) is 10.4. The molecule has 0 spiro atoms. The van der Waals surface area contributed by atoms with Crippen molar-refractivity contribution in [3.63, 3.8) is 0 Å². The molecule has 148 valence electrons. The number of hydrogen-bond donors (Lipinski definition) is 1. The van der Waals surface area contributed by atoms with Crippen molar-refractivity contribution in [3.8, 4) is 11.4 Å². The van der Waals surface area contributed by atoms with Crippen LogP contribution in [0.5, 0.6) is 0 Å². The second-order valence-corrected chi connectivity index (χ2v) is 8.23. The number of hydrogen-bond acceptors (Lipinski definition) is 4. The number of carbonyl (C=O) groups is 1. The predicted octanol–water partition coefficient (Wildman–Crippen LogP) is 3.38. The van der Waals surface area contributed by atoms with E-state index in [4.69, 9.17) is 0 Å². The number of rotatable bonds is 5. The summed E-state index contributed by atoms with van der Waals surface area (Å²) in [5.74, 6) is 2.49. The van der Waals surface area contributed by atoms with Gasteiger partial charge in [0.25, 0.3) is 0 Å². The first-order valence-corrected chi connectivity index (χ1v) is 10.4. The molecule has 1 aromatic carbocycles. The molecule has 1 aliphatic carbocycles. The van der Waals surface area contributed by atoms with Gasteiger partial charge in [0.05, 0.1) is 5.41 Å². The SMILES string of the molecule is O=C(N1CCC(Cc2nc(-c3ccncc3)n[nH]2)CC1)C1(c2ccccc2)CC1. The lowest BCUT2D eigenvalue weighted by Gasteiger charge is -2.34. The molecule has 2 fully saturated rings. The van der Waals surface area contributed by atoms with Gasteiger partial charge in [-0.3, -0.25) is 14.9 Å². The van der Waals surface area contributed by atoms with Gasteiger partial charge in [0.2, 0.25) is 5.91 Å². The van der Waals surface area contributed by atoms with Gasteiger partial charge in [0, 0.05) is 37.5 Å². The van der Waals surface area contributed by atoms with E-state index in [9.17, 15) is 4.79 Å². The van der Waals surface area contributed by atoms with E-state index in [0.29, 0.717) is 17.6 Å². The van der Waals surface area contributed by atoms with Crippen LogP contribution in [0.15, 0.2) is 54.9 Å². The Morgan fingerprint density at radius 2 is 1.79 bits per heavy atom. The van der Waals surface area contributed by atoms with E-state index in [1.54, 1.807) is 12.4 Å². The number of piperidine rings is 1. The molecule has 1 saturated heterocycles. The molecule has 3 aromatic rings. The van der Waals surface area contributed by atoms with E-state index < -0.39 is 0 Å². The third-order valence-electron chi connectivity index (χ3n) is 6.34. The Balaban J connectivity index is 1.18. The minimum absolute atomic E-state index is 0.252. The van der Waals surface area contributed by atoms with E-state index in [1.165, 1.54) is 5.56 Å². The Bertz CT molecular complexity index is 973. The van der Waals surface area contributed by atoms with Crippen LogP contribution in [0, 0.1) is 5.92 Å². The van der Waals surface area contributed by atoms with Crippen molar-refractivity contribution in [2.75, 3.05) is 13.1 Å².